The molecule has 0 radical (unpaired) electrons. The van der Waals surface area contributed by atoms with Gasteiger partial charge in [-0.1, -0.05) is 27.7 Å². The Bertz CT molecular complexity index is 373. The summed E-state index contributed by atoms with van der Waals surface area (Å²) in [6, 6.07) is 2.73. The molecule has 5 heteroatoms. The van der Waals surface area contributed by atoms with Crippen LogP contribution in [0.3, 0.4) is 0 Å². The number of ketones is 1. The van der Waals surface area contributed by atoms with E-state index in [-0.39, 0.29) is 5.78 Å². The van der Waals surface area contributed by atoms with Crippen molar-refractivity contribution < 1.29 is 19.1 Å². The van der Waals surface area contributed by atoms with Crippen LogP contribution in [0.4, 0.5) is 0 Å². The van der Waals surface area contributed by atoms with Gasteiger partial charge >= 0.3 is 5.97 Å². The zero-order valence-electron chi connectivity index (χ0n) is 13.6. The van der Waals surface area contributed by atoms with Crippen molar-refractivity contribution in [3.05, 3.63) is 11.8 Å². The molecule has 0 amide bonds. The standard InChI is InChI=1S/C15H28O4Si/c1-7-12(16)15(5,6)13(11-14(17)18)19-20(8-2,9-3)10-4/h11H,7-10H2,1-6H3,(H,17,18)/b13-11-. The second kappa shape index (κ2) is 7.62. The molecule has 0 bridgehead atoms. The van der Waals surface area contributed by atoms with E-state index in [2.05, 4.69) is 20.8 Å². The zero-order valence-corrected chi connectivity index (χ0v) is 14.6. The molecule has 0 rings (SSSR count). The summed E-state index contributed by atoms with van der Waals surface area (Å²) in [5.74, 6) is -0.756. The molecule has 0 aliphatic carbocycles. The number of carbonyl (C=O) groups is 2. The SMILES string of the molecule is CCC(=O)C(C)(C)/C(=C/C(=O)O)O[Si](CC)(CC)CC. The van der Waals surface area contributed by atoms with E-state index in [4.69, 9.17) is 9.53 Å². The largest absolute Gasteiger partial charge is 0.545 e. The monoisotopic (exact) mass is 300 g/mol. The maximum Gasteiger partial charge on any atom is 0.331 e. The van der Waals surface area contributed by atoms with Gasteiger partial charge in [-0.05, 0) is 32.0 Å². The fraction of sp³-hybridized carbons (Fsp3) is 0.733. The van der Waals surface area contributed by atoms with Crippen LogP contribution in [0.1, 0.15) is 48.0 Å². The van der Waals surface area contributed by atoms with Crippen LogP contribution in [-0.2, 0) is 14.0 Å². The summed E-state index contributed by atoms with van der Waals surface area (Å²) in [7, 11) is -2.00. The van der Waals surface area contributed by atoms with Crippen LogP contribution in [0.5, 0.6) is 0 Å². The molecule has 0 heterocycles. The third-order valence-electron chi connectivity index (χ3n) is 4.15. The fourth-order valence-electron chi connectivity index (χ4n) is 2.23. The predicted molar refractivity (Wildman–Crippen MR) is 83.1 cm³/mol. The van der Waals surface area contributed by atoms with Gasteiger partial charge in [0.2, 0.25) is 8.32 Å². The highest BCUT2D eigenvalue weighted by Gasteiger charge is 2.39. The Balaban J connectivity index is 5.61. The molecule has 0 atom stereocenters. The van der Waals surface area contributed by atoms with Crippen molar-refractivity contribution >= 4 is 20.1 Å². The van der Waals surface area contributed by atoms with Gasteiger partial charge in [0.25, 0.3) is 0 Å². The highest BCUT2D eigenvalue weighted by atomic mass is 28.4. The number of aliphatic carboxylic acids is 1. The number of carbonyl (C=O) groups excluding carboxylic acids is 1. The number of carboxylic acid groups (broad SMARTS) is 1. The zero-order chi connectivity index (χ0) is 16.0. The van der Waals surface area contributed by atoms with Crippen LogP contribution in [0.25, 0.3) is 0 Å². The van der Waals surface area contributed by atoms with Gasteiger partial charge in [-0.25, -0.2) is 4.79 Å². The third-order valence-corrected chi connectivity index (χ3v) is 8.67. The minimum atomic E-state index is -2.00. The highest BCUT2D eigenvalue weighted by molar-refractivity contribution is 6.73. The average molecular weight is 300 g/mol. The molecular weight excluding hydrogens is 272 g/mol. The van der Waals surface area contributed by atoms with Crippen molar-refractivity contribution in [2.24, 2.45) is 5.41 Å². The van der Waals surface area contributed by atoms with E-state index < -0.39 is 19.7 Å². The smallest absolute Gasteiger partial charge is 0.331 e. The number of hydrogen-bond acceptors (Lipinski definition) is 3. The van der Waals surface area contributed by atoms with Gasteiger partial charge in [0.1, 0.15) is 5.78 Å². The van der Waals surface area contributed by atoms with Gasteiger partial charge in [0.05, 0.1) is 17.3 Å². The lowest BCUT2D eigenvalue weighted by atomic mass is 9.84. The van der Waals surface area contributed by atoms with Gasteiger partial charge in [0, 0.05) is 6.42 Å². The van der Waals surface area contributed by atoms with Crippen LogP contribution in [0.15, 0.2) is 11.8 Å². The highest BCUT2D eigenvalue weighted by Crippen LogP contribution is 2.35. The molecule has 116 valence electrons. The number of Topliss-reactive ketones (excluding diaryl/α,β-unsaturated/α-hetero) is 1. The number of rotatable bonds is 9. The lowest BCUT2D eigenvalue weighted by molar-refractivity contribution is -0.131. The van der Waals surface area contributed by atoms with Crippen molar-refractivity contribution in [1.82, 2.24) is 0 Å². The molecule has 0 saturated carbocycles. The van der Waals surface area contributed by atoms with Crippen LogP contribution < -0.4 is 0 Å². The Morgan fingerprint density at radius 3 is 1.85 bits per heavy atom. The summed E-state index contributed by atoms with van der Waals surface area (Å²) in [4.78, 5) is 23.2. The van der Waals surface area contributed by atoms with E-state index in [0.717, 1.165) is 24.2 Å². The Kier molecular flexibility index (Phi) is 7.20. The summed E-state index contributed by atoms with van der Waals surface area (Å²) in [6.45, 7) is 11.5. The third kappa shape index (κ3) is 4.47. The van der Waals surface area contributed by atoms with Crippen molar-refractivity contribution in [3.63, 3.8) is 0 Å². The molecule has 20 heavy (non-hydrogen) atoms. The molecule has 0 fully saturated rings. The van der Waals surface area contributed by atoms with Crippen LogP contribution in [0.2, 0.25) is 18.1 Å². The van der Waals surface area contributed by atoms with Gasteiger partial charge in [-0.3, -0.25) is 4.79 Å². The molecule has 1 N–H and O–H groups in total. The molecule has 0 aliphatic heterocycles. The molecule has 0 spiro atoms. The first kappa shape index (κ1) is 18.9. The van der Waals surface area contributed by atoms with Gasteiger partial charge in [0.15, 0.2) is 0 Å². The maximum atomic E-state index is 12.1. The van der Waals surface area contributed by atoms with Crippen molar-refractivity contribution in [1.29, 1.82) is 0 Å². The summed E-state index contributed by atoms with van der Waals surface area (Å²) in [5.41, 5.74) is -0.884. The summed E-state index contributed by atoms with van der Waals surface area (Å²) >= 11 is 0. The summed E-state index contributed by atoms with van der Waals surface area (Å²) < 4.78 is 6.18. The Hall–Kier alpha value is -1.10. The first-order valence-corrected chi connectivity index (χ1v) is 9.89. The quantitative estimate of drug-likeness (QED) is 0.397. The van der Waals surface area contributed by atoms with E-state index in [1.165, 1.54) is 0 Å². The Morgan fingerprint density at radius 1 is 1.10 bits per heavy atom. The molecule has 0 aromatic rings. The van der Waals surface area contributed by atoms with Crippen molar-refractivity contribution in [2.45, 2.75) is 66.1 Å². The summed E-state index contributed by atoms with van der Waals surface area (Å²) in [6.07, 6.45) is 1.43. The normalized spacial score (nSPS) is 13.2. The summed E-state index contributed by atoms with van der Waals surface area (Å²) in [5, 5.41) is 9.06. The Labute approximate surface area is 123 Å². The lowest BCUT2D eigenvalue weighted by Crippen LogP contribution is -2.40. The van der Waals surface area contributed by atoms with E-state index in [0.29, 0.717) is 12.2 Å². The average Bonchev–Trinajstić information content (AvgIpc) is 2.42. The maximum absolute atomic E-state index is 12.1. The minimum absolute atomic E-state index is 0.00351. The van der Waals surface area contributed by atoms with Crippen molar-refractivity contribution in [3.8, 4) is 0 Å². The van der Waals surface area contributed by atoms with E-state index >= 15 is 0 Å². The first-order chi connectivity index (χ1) is 9.19. The molecular formula is C15H28O4Si. The van der Waals surface area contributed by atoms with Gasteiger partial charge in [-0.2, -0.15) is 0 Å². The molecule has 0 saturated heterocycles. The second-order valence-electron chi connectivity index (χ2n) is 5.59. The molecule has 0 aliphatic rings. The van der Waals surface area contributed by atoms with E-state index in [9.17, 15) is 9.59 Å². The van der Waals surface area contributed by atoms with E-state index in [1.54, 1.807) is 20.8 Å². The van der Waals surface area contributed by atoms with Crippen LogP contribution in [0, 0.1) is 5.41 Å². The lowest BCUT2D eigenvalue weighted by Gasteiger charge is -2.36. The topological polar surface area (TPSA) is 63.6 Å². The van der Waals surface area contributed by atoms with Gasteiger partial charge in [-0.15, -0.1) is 0 Å². The molecule has 4 nitrogen and oxygen atoms in total. The van der Waals surface area contributed by atoms with Crippen LogP contribution >= 0.6 is 0 Å². The number of hydrogen-bond donors (Lipinski definition) is 1. The second-order valence-corrected chi connectivity index (χ2v) is 10.3. The number of allylic oxidation sites excluding steroid dienone is 1. The molecule has 0 unspecified atom stereocenters. The molecule has 0 aromatic carbocycles. The minimum Gasteiger partial charge on any atom is -0.545 e. The predicted octanol–water partition coefficient (Wildman–Crippen LogP) is 3.98. The van der Waals surface area contributed by atoms with Crippen molar-refractivity contribution in [2.75, 3.05) is 0 Å². The van der Waals surface area contributed by atoms with E-state index in [1.807, 2.05) is 0 Å². The fourth-order valence-corrected chi connectivity index (χ4v) is 4.94. The van der Waals surface area contributed by atoms with Gasteiger partial charge < -0.3 is 9.53 Å². The first-order valence-electron chi connectivity index (χ1n) is 7.36. The molecule has 0 aromatic heterocycles. The van der Waals surface area contributed by atoms with Crippen LogP contribution in [-0.4, -0.2) is 25.2 Å². The number of carboxylic acids is 1. The Morgan fingerprint density at radius 2 is 1.55 bits per heavy atom.